The van der Waals surface area contributed by atoms with E-state index in [1.807, 2.05) is 37.3 Å². The van der Waals surface area contributed by atoms with E-state index >= 15 is 0 Å². The Labute approximate surface area is 93.9 Å². The summed E-state index contributed by atoms with van der Waals surface area (Å²) in [5.41, 5.74) is 2.07. The van der Waals surface area contributed by atoms with Crippen LogP contribution < -0.4 is 5.32 Å². The lowest BCUT2D eigenvalue weighted by molar-refractivity contribution is 0.515. The molecule has 1 N–H and O–H groups in total. The van der Waals surface area contributed by atoms with Crippen LogP contribution in [-0.2, 0) is 6.54 Å². The highest BCUT2D eigenvalue weighted by molar-refractivity contribution is 6.33. The second-order valence-corrected chi connectivity index (χ2v) is 3.77. The van der Waals surface area contributed by atoms with E-state index in [1.54, 1.807) is 6.26 Å². The molecule has 1 aromatic carbocycles. The molecule has 0 atom stereocenters. The van der Waals surface area contributed by atoms with Gasteiger partial charge in [0.15, 0.2) is 0 Å². The average molecular weight is 222 g/mol. The zero-order valence-electron chi connectivity index (χ0n) is 8.46. The molecule has 15 heavy (non-hydrogen) atoms. The third-order valence-corrected chi connectivity index (χ3v) is 2.61. The molecule has 0 spiro atoms. The Hall–Kier alpha value is -1.41. The number of rotatable bonds is 3. The maximum Gasteiger partial charge on any atom is 0.125 e. The Kier molecular flexibility index (Phi) is 2.97. The van der Waals surface area contributed by atoms with Crippen molar-refractivity contribution in [2.24, 2.45) is 0 Å². The molecule has 3 heteroatoms. The van der Waals surface area contributed by atoms with E-state index in [-0.39, 0.29) is 0 Å². The average Bonchev–Trinajstić information content (AvgIpc) is 2.63. The highest BCUT2D eigenvalue weighted by Gasteiger charge is 2.02. The summed E-state index contributed by atoms with van der Waals surface area (Å²) in [6.07, 6.45) is 1.69. The lowest BCUT2D eigenvalue weighted by Gasteiger charge is -2.06. The lowest BCUT2D eigenvalue weighted by atomic mass is 10.2. The zero-order valence-corrected chi connectivity index (χ0v) is 9.21. The highest BCUT2D eigenvalue weighted by atomic mass is 35.5. The summed E-state index contributed by atoms with van der Waals surface area (Å²) in [6, 6.07) is 9.61. The molecule has 0 saturated heterocycles. The molecule has 2 aromatic rings. The van der Waals surface area contributed by atoms with Crippen molar-refractivity contribution in [1.29, 1.82) is 0 Å². The first-order chi connectivity index (χ1) is 7.27. The van der Waals surface area contributed by atoms with Crippen LogP contribution in [0.25, 0.3) is 0 Å². The molecule has 2 rings (SSSR count). The molecule has 1 heterocycles. The number of aryl methyl sites for hydroxylation is 1. The lowest BCUT2D eigenvalue weighted by Crippen LogP contribution is -1.99. The van der Waals surface area contributed by atoms with Gasteiger partial charge in [-0.15, -0.1) is 0 Å². The smallest absolute Gasteiger partial charge is 0.125 e. The van der Waals surface area contributed by atoms with Crippen molar-refractivity contribution in [3.63, 3.8) is 0 Å². The van der Waals surface area contributed by atoms with Gasteiger partial charge in [0.25, 0.3) is 0 Å². The van der Waals surface area contributed by atoms with Crippen LogP contribution in [0, 0.1) is 6.92 Å². The number of hydrogen-bond acceptors (Lipinski definition) is 2. The van der Waals surface area contributed by atoms with Crippen LogP contribution in [0.2, 0.25) is 5.02 Å². The maximum absolute atomic E-state index is 6.01. The fourth-order valence-corrected chi connectivity index (χ4v) is 1.57. The minimum absolute atomic E-state index is 0.655. The SMILES string of the molecule is Cc1ccoc1CNc1ccccc1Cl. The Bertz CT molecular complexity index is 450. The molecular weight excluding hydrogens is 210 g/mol. The topological polar surface area (TPSA) is 25.2 Å². The highest BCUT2D eigenvalue weighted by Crippen LogP contribution is 2.21. The van der Waals surface area contributed by atoms with Crippen LogP contribution in [0.1, 0.15) is 11.3 Å². The van der Waals surface area contributed by atoms with Crippen molar-refractivity contribution in [3.8, 4) is 0 Å². The Morgan fingerprint density at radius 3 is 2.73 bits per heavy atom. The number of halogens is 1. The van der Waals surface area contributed by atoms with Gasteiger partial charge in [0.05, 0.1) is 23.5 Å². The van der Waals surface area contributed by atoms with Crippen molar-refractivity contribution in [1.82, 2.24) is 0 Å². The monoisotopic (exact) mass is 221 g/mol. The summed E-state index contributed by atoms with van der Waals surface area (Å²) in [4.78, 5) is 0. The second-order valence-electron chi connectivity index (χ2n) is 3.36. The van der Waals surface area contributed by atoms with Crippen molar-refractivity contribution in [2.75, 3.05) is 5.32 Å². The molecule has 78 valence electrons. The number of hydrogen-bond donors (Lipinski definition) is 1. The molecule has 0 fully saturated rings. The van der Waals surface area contributed by atoms with Crippen LogP contribution in [0.4, 0.5) is 5.69 Å². The van der Waals surface area contributed by atoms with Crippen molar-refractivity contribution >= 4 is 17.3 Å². The number of furan rings is 1. The van der Waals surface area contributed by atoms with E-state index in [9.17, 15) is 0 Å². The normalized spacial score (nSPS) is 10.3. The van der Waals surface area contributed by atoms with E-state index in [4.69, 9.17) is 16.0 Å². The van der Waals surface area contributed by atoms with Gasteiger partial charge in [-0.2, -0.15) is 0 Å². The Morgan fingerprint density at radius 1 is 1.27 bits per heavy atom. The van der Waals surface area contributed by atoms with Crippen molar-refractivity contribution in [3.05, 3.63) is 52.9 Å². The summed E-state index contributed by atoms with van der Waals surface area (Å²) < 4.78 is 5.32. The molecule has 2 nitrogen and oxygen atoms in total. The van der Waals surface area contributed by atoms with E-state index in [0.717, 1.165) is 22.0 Å². The van der Waals surface area contributed by atoms with Gasteiger partial charge in [0.1, 0.15) is 5.76 Å². The van der Waals surface area contributed by atoms with Gasteiger partial charge in [-0.1, -0.05) is 23.7 Å². The number of anilines is 1. The zero-order chi connectivity index (χ0) is 10.7. The first-order valence-electron chi connectivity index (χ1n) is 4.79. The summed E-state index contributed by atoms with van der Waals surface area (Å²) in [7, 11) is 0. The third kappa shape index (κ3) is 2.34. The summed E-state index contributed by atoms with van der Waals surface area (Å²) in [5, 5.41) is 3.95. The summed E-state index contributed by atoms with van der Waals surface area (Å²) in [5.74, 6) is 0.940. The van der Waals surface area contributed by atoms with E-state index in [1.165, 1.54) is 0 Å². The number of nitrogens with one attached hydrogen (secondary N) is 1. The molecule has 0 radical (unpaired) electrons. The second kappa shape index (κ2) is 4.41. The molecular formula is C12H12ClNO. The van der Waals surface area contributed by atoms with Gasteiger partial charge in [0.2, 0.25) is 0 Å². The molecule has 0 aliphatic heterocycles. The van der Waals surface area contributed by atoms with Gasteiger partial charge in [-0.3, -0.25) is 0 Å². The molecule has 0 amide bonds. The Balaban J connectivity index is 2.06. The third-order valence-electron chi connectivity index (χ3n) is 2.28. The van der Waals surface area contributed by atoms with Gasteiger partial charge >= 0.3 is 0 Å². The van der Waals surface area contributed by atoms with Crippen LogP contribution in [0.3, 0.4) is 0 Å². The molecule has 0 bridgehead atoms. The molecule has 0 saturated carbocycles. The first kappa shape index (κ1) is 10.1. The van der Waals surface area contributed by atoms with E-state index < -0.39 is 0 Å². The van der Waals surface area contributed by atoms with Crippen LogP contribution in [0.15, 0.2) is 41.0 Å². The van der Waals surface area contributed by atoms with E-state index in [2.05, 4.69) is 5.32 Å². The fourth-order valence-electron chi connectivity index (χ4n) is 1.37. The molecule has 0 aliphatic rings. The predicted octanol–water partition coefficient (Wildman–Crippen LogP) is 3.85. The largest absolute Gasteiger partial charge is 0.467 e. The van der Waals surface area contributed by atoms with Gasteiger partial charge in [-0.05, 0) is 30.7 Å². The van der Waals surface area contributed by atoms with Gasteiger partial charge < -0.3 is 9.73 Å². The number of benzene rings is 1. The number of para-hydroxylation sites is 1. The van der Waals surface area contributed by atoms with Crippen molar-refractivity contribution < 1.29 is 4.42 Å². The first-order valence-corrected chi connectivity index (χ1v) is 5.16. The minimum atomic E-state index is 0.655. The van der Waals surface area contributed by atoms with Gasteiger partial charge in [-0.25, -0.2) is 0 Å². The maximum atomic E-state index is 6.01. The Morgan fingerprint density at radius 2 is 2.07 bits per heavy atom. The van der Waals surface area contributed by atoms with Crippen LogP contribution in [0.5, 0.6) is 0 Å². The molecule has 0 unspecified atom stereocenters. The standard InChI is InChI=1S/C12H12ClNO/c1-9-6-7-15-12(9)8-14-11-5-3-2-4-10(11)13/h2-7,14H,8H2,1H3. The predicted molar refractivity (Wildman–Crippen MR) is 62.2 cm³/mol. The van der Waals surface area contributed by atoms with Crippen molar-refractivity contribution in [2.45, 2.75) is 13.5 Å². The van der Waals surface area contributed by atoms with Crippen LogP contribution in [-0.4, -0.2) is 0 Å². The van der Waals surface area contributed by atoms with Gasteiger partial charge in [0, 0.05) is 0 Å². The van der Waals surface area contributed by atoms with Crippen LogP contribution >= 0.6 is 11.6 Å². The van der Waals surface area contributed by atoms with E-state index in [0.29, 0.717) is 6.54 Å². The summed E-state index contributed by atoms with van der Waals surface area (Å²) >= 11 is 6.01. The fraction of sp³-hybridized carbons (Fsp3) is 0.167. The molecule has 0 aliphatic carbocycles. The quantitative estimate of drug-likeness (QED) is 0.852. The minimum Gasteiger partial charge on any atom is -0.467 e. The molecule has 1 aromatic heterocycles. The summed E-state index contributed by atoms with van der Waals surface area (Å²) in [6.45, 7) is 2.68.